The molecule has 0 unspecified atom stereocenters. The van der Waals surface area contributed by atoms with E-state index < -0.39 is 0 Å². The highest BCUT2D eigenvalue weighted by Crippen LogP contribution is 2.26. The van der Waals surface area contributed by atoms with Gasteiger partial charge in [-0.25, -0.2) is 4.79 Å². The van der Waals surface area contributed by atoms with Crippen LogP contribution in [-0.2, 0) is 14.3 Å². The minimum absolute atomic E-state index is 0.219. The van der Waals surface area contributed by atoms with E-state index in [1.54, 1.807) is 0 Å². The second-order valence-electron chi connectivity index (χ2n) is 4.66. The number of ether oxygens (including phenoxy) is 1. The van der Waals surface area contributed by atoms with Crippen LogP contribution in [0.25, 0.3) is 0 Å². The van der Waals surface area contributed by atoms with Gasteiger partial charge in [0.05, 0.1) is 7.11 Å². The topological polar surface area (TPSA) is 43.4 Å². The Morgan fingerprint density at radius 1 is 1.24 bits per heavy atom. The van der Waals surface area contributed by atoms with Crippen LogP contribution < -0.4 is 0 Å². The van der Waals surface area contributed by atoms with Crippen LogP contribution in [0.1, 0.15) is 51.9 Å². The van der Waals surface area contributed by atoms with Crippen LogP contribution in [-0.4, -0.2) is 18.9 Å². The van der Waals surface area contributed by atoms with Crippen molar-refractivity contribution in [1.29, 1.82) is 0 Å². The number of rotatable bonds is 5. The van der Waals surface area contributed by atoms with Crippen LogP contribution >= 0.6 is 0 Å². The molecule has 0 atom stereocenters. The van der Waals surface area contributed by atoms with E-state index in [9.17, 15) is 9.59 Å². The molecule has 1 rings (SSSR count). The maximum atomic E-state index is 12.0. The van der Waals surface area contributed by atoms with Gasteiger partial charge in [0, 0.05) is 18.4 Å². The number of carbonyl (C=O) groups is 2. The monoisotopic (exact) mass is 238 g/mol. The number of allylic oxidation sites excluding steroid dienone is 1. The second kappa shape index (κ2) is 7.25. The summed E-state index contributed by atoms with van der Waals surface area (Å²) in [7, 11) is 1.36. The highest BCUT2D eigenvalue weighted by atomic mass is 16.5. The third-order valence-corrected chi connectivity index (χ3v) is 3.44. The number of carbonyl (C=O) groups excluding carboxylic acids is 2. The van der Waals surface area contributed by atoms with Crippen molar-refractivity contribution in [3.63, 3.8) is 0 Å². The van der Waals surface area contributed by atoms with Crippen molar-refractivity contribution in [1.82, 2.24) is 0 Å². The summed E-state index contributed by atoms with van der Waals surface area (Å²) in [5.41, 5.74) is 0.882. The van der Waals surface area contributed by atoms with Gasteiger partial charge < -0.3 is 4.74 Å². The highest BCUT2D eigenvalue weighted by molar-refractivity contribution is 5.87. The summed E-state index contributed by atoms with van der Waals surface area (Å²) >= 11 is 0. The molecule has 1 fully saturated rings. The van der Waals surface area contributed by atoms with Crippen molar-refractivity contribution in [3.8, 4) is 0 Å². The fourth-order valence-corrected chi connectivity index (χ4v) is 2.30. The van der Waals surface area contributed by atoms with Gasteiger partial charge in [-0.2, -0.15) is 0 Å². The molecule has 0 aliphatic heterocycles. The highest BCUT2D eigenvalue weighted by Gasteiger charge is 2.21. The molecule has 96 valence electrons. The van der Waals surface area contributed by atoms with Gasteiger partial charge in [0.2, 0.25) is 0 Å². The lowest BCUT2D eigenvalue weighted by Gasteiger charge is -2.20. The summed E-state index contributed by atoms with van der Waals surface area (Å²) in [6, 6.07) is 0. The second-order valence-corrected chi connectivity index (χ2v) is 4.66. The zero-order valence-electron chi connectivity index (χ0n) is 10.8. The van der Waals surface area contributed by atoms with E-state index >= 15 is 0 Å². The van der Waals surface area contributed by atoms with Crippen molar-refractivity contribution in [3.05, 3.63) is 11.6 Å². The summed E-state index contributed by atoms with van der Waals surface area (Å²) < 4.78 is 4.58. The first-order chi connectivity index (χ1) is 8.17. The first-order valence-corrected chi connectivity index (χ1v) is 6.47. The van der Waals surface area contributed by atoms with Crippen LogP contribution in [0.4, 0.5) is 0 Å². The van der Waals surface area contributed by atoms with Crippen molar-refractivity contribution in [2.45, 2.75) is 51.9 Å². The van der Waals surface area contributed by atoms with E-state index in [1.807, 2.05) is 6.92 Å². The zero-order chi connectivity index (χ0) is 12.7. The van der Waals surface area contributed by atoms with Crippen molar-refractivity contribution < 1.29 is 14.3 Å². The number of hydrogen-bond donors (Lipinski definition) is 0. The van der Waals surface area contributed by atoms with Crippen LogP contribution in [0.3, 0.4) is 0 Å². The molecule has 1 saturated carbocycles. The molecule has 17 heavy (non-hydrogen) atoms. The number of esters is 1. The minimum Gasteiger partial charge on any atom is -0.466 e. The van der Waals surface area contributed by atoms with E-state index in [0.717, 1.165) is 24.8 Å². The first kappa shape index (κ1) is 13.9. The van der Waals surface area contributed by atoms with Crippen molar-refractivity contribution in [2.75, 3.05) is 7.11 Å². The van der Waals surface area contributed by atoms with E-state index in [1.165, 1.54) is 32.4 Å². The fraction of sp³-hybridized carbons (Fsp3) is 0.714. The molecule has 3 heteroatoms. The molecule has 0 saturated heterocycles. The van der Waals surface area contributed by atoms with E-state index in [2.05, 4.69) is 4.74 Å². The van der Waals surface area contributed by atoms with Gasteiger partial charge in [-0.3, -0.25) is 4.79 Å². The van der Waals surface area contributed by atoms with Gasteiger partial charge in [0.1, 0.15) is 5.78 Å². The Hall–Kier alpha value is -1.12. The summed E-state index contributed by atoms with van der Waals surface area (Å²) in [5, 5.41) is 0. The number of Topliss-reactive ketones (excluding diaryl/α,β-unsaturated/α-hetero) is 1. The SMILES string of the molecule is CC/C(=C\C(=O)OC)CC(=O)C1CCCCC1. The largest absolute Gasteiger partial charge is 0.466 e. The molecule has 1 aliphatic carbocycles. The maximum Gasteiger partial charge on any atom is 0.330 e. The lowest BCUT2D eigenvalue weighted by Crippen LogP contribution is -2.18. The molecular formula is C14H22O3. The smallest absolute Gasteiger partial charge is 0.330 e. The molecule has 0 bridgehead atoms. The fourth-order valence-electron chi connectivity index (χ4n) is 2.30. The predicted molar refractivity (Wildman–Crippen MR) is 66.6 cm³/mol. The van der Waals surface area contributed by atoms with Gasteiger partial charge in [0.15, 0.2) is 0 Å². The normalized spacial score (nSPS) is 17.9. The Balaban J connectivity index is 2.52. The van der Waals surface area contributed by atoms with Gasteiger partial charge in [0.25, 0.3) is 0 Å². The standard InChI is InChI=1S/C14H22O3/c1-3-11(10-14(16)17-2)9-13(15)12-7-5-4-6-8-12/h10,12H,3-9H2,1-2H3/b11-10+. The minimum atomic E-state index is -0.363. The molecule has 1 aliphatic rings. The molecule has 0 aromatic rings. The van der Waals surface area contributed by atoms with Crippen molar-refractivity contribution >= 4 is 11.8 Å². The summed E-state index contributed by atoms with van der Waals surface area (Å²) in [5.74, 6) is 0.149. The molecule has 0 aromatic heterocycles. The molecule has 0 heterocycles. The Labute approximate surface area is 103 Å². The molecular weight excluding hydrogens is 216 g/mol. The summed E-state index contributed by atoms with van der Waals surface area (Å²) in [6.07, 6.45) is 8.23. The third-order valence-electron chi connectivity index (χ3n) is 3.44. The molecule has 0 spiro atoms. The third kappa shape index (κ3) is 4.72. The predicted octanol–water partition coefficient (Wildman–Crippen LogP) is 3.04. The number of ketones is 1. The van der Waals surface area contributed by atoms with E-state index in [-0.39, 0.29) is 11.9 Å². The van der Waals surface area contributed by atoms with E-state index in [0.29, 0.717) is 12.2 Å². The zero-order valence-corrected chi connectivity index (χ0v) is 10.8. The molecule has 0 N–H and O–H groups in total. The quantitative estimate of drug-likeness (QED) is 0.546. The van der Waals surface area contributed by atoms with Crippen molar-refractivity contribution in [2.24, 2.45) is 5.92 Å². The molecule has 3 nitrogen and oxygen atoms in total. The van der Waals surface area contributed by atoms with Gasteiger partial charge in [-0.05, 0) is 19.3 Å². The number of methoxy groups -OCH3 is 1. The summed E-state index contributed by atoms with van der Waals surface area (Å²) in [4.78, 5) is 23.2. The van der Waals surface area contributed by atoms with Crippen LogP contribution in [0.5, 0.6) is 0 Å². The van der Waals surface area contributed by atoms with Gasteiger partial charge in [-0.1, -0.05) is 31.8 Å². The van der Waals surface area contributed by atoms with Gasteiger partial charge in [-0.15, -0.1) is 0 Å². The van der Waals surface area contributed by atoms with Crippen LogP contribution in [0, 0.1) is 5.92 Å². The average Bonchev–Trinajstić information content (AvgIpc) is 2.38. The first-order valence-electron chi connectivity index (χ1n) is 6.47. The lowest BCUT2D eigenvalue weighted by atomic mass is 9.84. The Morgan fingerprint density at radius 2 is 1.88 bits per heavy atom. The van der Waals surface area contributed by atoms with E-state index in [4.69, 9.17) is 0 Å². The van der Waals surface area contributed by atoms with Crippen LogP contribution in [0.15, 0.2) is 11.6 Å². The molecule has 0 radical (unpaired) electrons. The number of hydrogen-bond acceptors (Lipinski definition) is 3. The Bertz CT molecular complexity index is 299. The Kier molecular flexibility index (Phi) is 5.95. The molecule has 0 amide bonds. The lowest BCUT2D eigenvalue weighted by molar-refractivity contribution is -0.134. The maximum absolute atomic E-state index is 12.0. The van der Waals surface area contributed by atoms with Gasteiger partial charge >= 0.3 is 5.97 Å². The average molecular weight is 238 g/mol. The Morgan fingerprint density at radius 3 is 2.41 bits per heavy atom. The summed E-state index contributed by atoms with van der Waals surface area (Å²) in [6.45, 7) is 1.96. The van der Waals surface area contributed by atoms with Crippen LogP contribution in [0.2, 0.25) is 0 Å². The molecule has 0 aromatic carbocycles.